The maximum Gasteiger partial charge on any atom is 0.144 e. The van der Waals surface area contributed by atoms with Crippen molar-refractivity contribution in [1.82, 2.24) is 0 Å². The number of aldehydes is 1. The van der Waals surface area contributed by atoms with Crippen LogP contribution in [-0.4, -0.2) is 40.9 Å². The van der Waals surface area contributed by atoms with Crippen molar-refractivity contribution in [1.29, 1.82) is 0 Å². The molecule has 1 saturated heterocycles. The van der Waals surface area contributed by atoms with E-state index in [9.17, 15) is 15.0 Å². The quantitative estimate of drug-likeness (QED) is 0.324. The molecule has 1 heterocycles. The number of epoxide rings is 1. The van der Waals surface area contributed by atoms with Crippen molar-refractivity contribution in [3.05, 3.63) is 11.6 Å². The zero-order valence-corrected chi connectivity index (χ0v) is 7.14. The Morgan fingerprint density at radius 2 is 1.92 bits per heavy atom. The molecule has 2 fully saturated rings. The van der Waals surface area contributed by atoms with Gasteiger partial charge in [0.2, 0.25) is 0 Å². The molecule has 0 amide bonds. The van der Waals surface area contributed by atoms with E-state index in [0.29, 0.717) is 25.7 Å². The van der Waals surface area contributed by atoms with E-state index in [2.05, 4.69) is 0 Å². The number of ether oxygens (including phenoxy) is 1. The first-order valence-corrected chi connectivity index (χ1v) is 4.32. The van der Waals surface area contributed by atoms with Crippen LogP contribution in [0, 0.1) is 0 Å². The maximum absolute atomic E-state index is 10.2. The van der Waals surface area contributed by atoms with E-state index in [-0.39, 0.29) is 0 Å². The molecule has 4 nitrogen and oxygen atoms in total. The number of carbonyl (C=O) groups is 1. The summed E-state index contributed by atoms with van der Waals surface area (Å²) >= 11 is 0. The number of hydrogen-bond acceptors (Lipinski definition) is 4. The highest BCUT2D eigenvalue weighted by atomic mass is 16.6. The Morgan fingerprint density at radius 3 is 2.31 bits per heavy atom. The molecule has 1 spiro atoms. The third kappa shape index (κ3) is 1.31. The lowest BCUT2D eigenvalue weighted by Gasteiger charge is -2.31. The third-order valence-corrected chi connectivity index (χ3v) is 2.82. The number of aliphatic hydroxyl groups excluding tert-OH is 2. The van der Waals surface area contributed by atoms with E-state index in [1.54, 1.807) is 0 Å². The highest BCUT2D eigenvalue weighted by Gasteiger charge is 2.59. The molecule has 0 aromatic carbocycles. The molecule has 0 radical (unpaired) electrons. The van der Waals surface area contributed by atoms with Gasteiger partial charge in [0.1, 0.15) is 11.9 Å². The Balaban J connectivity index is 2.13. The number of allylic oxidation sites excluding steroid dienone is 1. The summed E-state index contributed by atoms with van der Waals surface area (Å²) in [6.07, 6.45) is 1.58. The van der Waals surface area contributed by atoms with Crippen LogP contribution in [0.15, 0.2) is 11.6 Å². The van der Waals surface area contributed by atoms with Gasteiger partial charge in [-0.3, -0.25) is 4.79 Å². The summed E-state index contributed by atoms with van der Waals surface area (Å²) in [6.45, 7) is 0.420. The minimum atomic E-state index is -0.722. The summed E-state index contributed by atoms with van der Waals surface area (Å²) in [4.78, 5) is 10.2. The summed E-state index contributed by atoms with van der Waals surface area (Å²) in [5.41, 5.74) is 0.0661. The molecule has 0 aromatic rings. The second-order valence-corrected chi connectivity index (χ2v) is 3.64. The van der Waals surface area contributed by atoms with Gasteiger partial charge < -0.3 is 14.9 Å². The van der Waals surface area contributed by atoms with Crippen LogP contribution >= 0.6 is 0 Å². The minimum absolute atomic E-state index is 0.420. The molecule has 1 aliphatic carbocycles. The number of aliphatic hydroxyl groups is 2. The zero-order valence-electron chi connectivity index (χ0n) is 7.14. The van der Waals surface area contributed by atoms with Crippen LogP contribution in [0.5, 0.6) is 0 Å². The van der Waals surface area contributed by atoms with Crippen molar-refractivity contribution < 1.29 is 19.7 Å². The monoisotopic (exact) mass is 184 g/mol. The van der Waals surface area contributed by atoms with Crippen molar-refractivity contribution in [3.63, 3.8) is 0 Å². The molecule has 2 N–H and O–H groups in total. The Kier molecular flexibility index (Phi) is 1.98. The lowest BCUT2D eigenvalue weighted by atomic mass is 9.81. The highest BCUT2D eigenvalue weighted by molar-refractivity contribution is 5.66. The van der Waals surface area contributed by atoms with E-state index < -0.39 is 17.8 Å². The lowest BCUT2D eigenvalue weighted by molar-refractivity contribution is -0.104. The van der Waals surface area contributed by atoms with Crippen LogP contribution in [0.3, 0.4) is 0 Å². The minimum Gasteiger partial charge on any atom is -0.390 e. The summed E-state index contributed by atoms with van der Waals surface area (Å²) < 4.78 is 5.07. The Bertz CT molecular complexity index is 238. The molecule has 0 aromatic heterocycles. The van der Waals surface area contributed by atoms with E-state index in [4.69, 9.17) is 4.74 Å². The first kappa shape index (κ1) is 8.87. The average molecular weight is 184 g/mol. The molecule has 2 rings (SSSR count). The predicted octanol–water partition coefficient (Wildman–Crippen LogP) is -0.604. The van der Waals surface area contributed by atoms with Gasteiger partial charge in [0.15, 0.2) is 0 Å². The van der Waals surface area contributed by atoms with Crippen LogP contribution in [0.2, 0.25) is 0 Å². The molecule has 0 bridgehead atoms. The van der Waals surface area contributed by atoms with Gasteiger partial charge in [-0.25, -0.2) is 0 Å². The molecular weight excluding hydrogens is 172 g/mol. The fourth-order valence-corrected chi connectivity index (χ4v) is 1.85. The van der Waals surface area contributed by atoms with Crippen LogP contribution in [0.4, 0.5) is 0 Å². The fourth-order valence-electron chi connectivity index (χ4n) is 1.85. The SMILES string of the molecule is O=CC=C1C[C@@H](O)C2(CO2)[C@H](O)C1. The number of carbonyl (C=O) groups excluding carboxylic acids is 1. The number of rotatable bonds is 1. The molecule has 1 saturated carbocycles. The van der Waals surface area contributed by atoms with Gasteiger partial charge in [-0.2, -0.15) is 0 Å². The molecule has 72 valence electrons. The lowest BCUT2D eigenvalue weighted by Crippen LogP contribution is -2.45. The average Bonchev–Trinajstić information content (AvgIpc) is 2.82. The van der Waals surface area contributed by atoms with Crippen molar-refractivity contribution in [2.45, 2.75) is 30.7 Å². The van der Waals surface area contributed by atoms with Gasteiger partial charge in [0.25, 0.3) is 0 Å². The zero-order chi connectivity index (χ0) is 9.47. The van der Waals surface area contributed by atoms with Gasteiger partial charge in [-0.05, 0) is 18.9 Å². The van der Waals surface area contributed by atoms with Crippen LogP contribution < -0.4 is 0 Å². The van der Waals surface area contributed by atoms with Crippen molar-refractivity contribution in [2.75, 3.05) is 6.61 Å². The van der Waals surface area contributed by atoms with Crippen molar-refractivity contribution in [3.8, 4) is 0 Å². The van der Waals surface area contributed by atoms with Gasteiger partial charge in [0, 0.05) is 0 Å². The second kappa shape index (κ2) is 2.90. The van der Waals surface area contributed by atoms with Gasteiger partial charge >= 0.3 is 0 Å². The van der Waals surface area contributed by atoms with Crippen molar-refractivity contribution >= 4 is 6.29 Å². The fraction of sp³-hybridized carbons (Fsp3) is 0.667. The smallest absolute Gasteiger partial charge is 0.144 e. The normalized spacial score (nSPS) is 43.4. The topological polar surface area (TPSA) is 70.1 Å². The highest BCUT2D eigenvalue weighted by Crippen LogP contribution is 2.43. The molecule has 13 heavy (non-hydrogen) atoms. The molecule has 2 atom stereocenters. The summed E-state index contributed by atoms with van der Waals surface area (Å²) in [7, 11) is 0. The van der Waals surface area contributed by atoms with E-state index in [0.717, 1.165) is 5.57 Å². The molecule has 0 unspecified atom stereocenters. The Hall–Kier alpha value is -0.710. The van der Waals surface area contributed by atoms with Crippen LogP contribution in [0.1, 0.15) is 12.8 Å². The van der Waals surface area contributed by atoms with E-state index >= 15 is 0 Å². The van der Waals surface area contributed by atoms with Crippen molar-refractivity contribution in [2.24, 2.45) is 0 Å². The largest absolute Gasteiger partial charge is 0.390 e. The standard InChI is InChI=1S/C9H12O4/c10-2-1-6-3-7(11)9(5-13-9)8(12)4-6/h1-2,7-8,11-12H,3-5H2/t7-,8-,9?/m1/s1. The number of hydrogen-bond donors (Lipinski definition) is 2. The van der Waals surface area contributed by atoms with Gasteiger partial charge in [-0.1, -0.05) is 5.57 Å². The maximum atomic E-state index is 10.2. The second-order valence-electron chi connectivity index (χ2n) is 3.64. The summed E-state index contributed by atoms with van der Waals surface area (Å²) in [5.74, 6) is 0. The molecule has 1 aliphatic heterocycles. The first-order valence-electron chi connectivity index (χ1n) is 4.32. The van der Waals surface area contributed by atoms with Gasteiger partial charge in [-0.15, -0.1) is 0 Å². The predicted molar refractivity (Wildman–Crippen MR) is 44.1 cm³/mol. The first-order chi connectivity index (χ1) is 6.19. The van der Waals surface area contributed by atoms with Crippen LogP contribution in [0.25, 0.3) is 0 Å². The van der Waals surface area contributed by atoms with E-state index in [1.807, 2.05) is 0 Å². The summed E-state index contributed by atoms with van der Waals surface area (Å²) in [5, 5.41) is 19.3. The van der Waals surface area contributed by atoms with E-state index in [1.165, 1.54) is 6.08 Å². The third-order valence-electron chi connectivity index (χ3n) is 2.82. The summed E-state index contributed by atoms with van der Waals surface area (Å²) in [6, 6.07) is 0. The molecule has 2 aliphatic rings. The molecular formula is C9H12O4. The van der Waals surface area contributed by atoms with Crippen LogP contribution in [-0.2, 0) is 9.53 Å². The molecule has 4 heteroatoms. The Labute approximate surface area is 75.8 Å². The Morgan fingerprint density at radius 1 is 1.38 bits per heavy atom. The van der Waals surface area contributed by atoms with Gasteiger partial charge in [0.05, 0.1) is 18.8 Å².